The molecule has 2 rings (SSSR count). The summed E-state index contributed by atoms with van der Waals surface area (Å²) in [6, 6.07) is 8.87. The molecule has 0 saturated heterocycles. The van der Waals surface area contributed by atoms with Crippen LogP contribution < -0.4 is 10.1 Å². The van der Waals surface area contributed by atoms with Crippen molar-refractivity contribution in [2.75, 3.05) is 0 Å². The summed E-state index contributed by atoms with van der Waals surface area (Å²) in [6.07, 6.45) is 2.62. The highest BCUT2D eigenvalue weighted by atomic mass is 16.5. The van der Waals surface area contributed by atoms with Gasteiger partial charge in [-0.25, -0.2) is 4.79 Å². The van der Waals surface area contributed by atoms with Crippen molar-refractivity contribution in [3.05, 3.63) is 52.9 Å². The number of ether oxygens (including phenoxy) is 1. The number of nitrogens with one attached hydrogen (secondary N) is 1. The molecule has 4 heteroatoms. The zero-order valence-electron chi connectivity index (χ0n) is 14.3. The van der Waals surface area contributed by atoms with Gasteiger partial charge in [-0.1, -0.05) is 18.2 Å². The molecule has 124 valence electrons. The number of hydrogen-bond acceptors (Lipinski definition) is 4. The van der Waals surface area contributed by atoms with Gasteiger partial charge >= 0.3 is 5.97 Å². The first kappa shape index (κ1) is 17.1. The molecule has 0 atom stereocenters. The Labute approximate surface area is 137 Å². The van der Waals surface area contributed by atoms with Crippen molar-refractivity contribution in [2.45, 2.75) is 52.5 Å². The lowest BCUT2D eigenvalue weighted by Gasteiger charge is -2.24. The molecular weight excluding hydrogens is 290 g/mol. The van der Waals surface area contributed by atoms with E-state index in [9.17, 15) is 9.90 Å². The summed E-state index contributed by atoms with van der Waals surface area (Å²) in [5.74, 6) is -0.0171. The van der Waals surface area contributed by atoms with E-state index in [4.69, 9.17) is 4.74 Å². The Morgan fingerprint density at radius 2 is 1.83 bits per heavy atom. The van der Waals surface area contributed by atoms with E-state index in [-0.39, 0.29) is 16.9 Å². The molecule has 0 fully saturated rings. The maximum atomic E-state index is 12.2. The highest BCUT2D eigenvalue weighted by molar-refractivity contribution is 5.90. The van der Waals surface area contributed by atoms with E-state index in [1.165, 1.54) is 0 Å². The van der Waals surface area contributed by atoms with E-state index in [1.807, 2.05) is 6.07 Å². The van der Waals surface area contributed by atoms with Crippen LogP contribution in [0.3, 0.4) is 0 Å². The van der Waals surface area contributed by atoms with Crippen LogP contribution in [0.1, 0.15) is 47.0 Å². The molecule has 0 amide bonds. The van der Waals surface area contributed by atoms with Gasteiger partial charge in [-0.3, -0.25) is 0 Å². The van der Waals surface area contributed by atoms with E-state index in [1.54, 1.807) is 31.2 Å². The van der Waals surface area contributed by atoms with E-state index in [0.29, 0.717) is 5.75 Å². The molecule has 1 aliphatic rings. The number of allylic oxidation sites excluding steroid dienone is 2. The fraction of sp³-hybridized carbons (Fsp3) is 0.421. The molecule has 0 heterocycles. The van der Waals surface area contributed by atoms with Crippen LogP contribution in [0, 0.1) is 0 Å². The fourth-order valence-corrected chi connectivity index (χ4v) is 2.59. The zero-order chi connectivity index (χ0) is 17.0. The van der Waals surface area contributed by atoms with Crippen molar-refractivity contribution >= 4 is 5.97 Å². The molecule has 23 heavy (non-hydrogen) atoms. The lowest BCUT2D eigenvalue weighted by molar-refractivity contribution is -0.130. The Balaban J connectivity index is 2.21. The number of hydrogen-bond donors (Lipinski definition) is 2. The molecule has 0 radical (unpaired) electrons. The van der Waals surface area contributed by atoms with Crippen LogP contribution in [0.5, 0.6) is 5.75 Å². The van der Waals surface area contributed by atoms with Crippen LogP contribution in [-0.2, 0) is 4.79 Å². The Kier molecular flexibility index (Phi) is 5.14. The summed E-state index contributed by atoms with van der Waals surface area (Å²) in [5.41, 5.74) is 1.99. The van der Waals surface area contributed by atoms with Gasteiger partial charge in [0.05, 0.1) is 5.57 Å². The third-order valence-corrected chi connectivity index (χ3v) is 3.64. The number of rotatable bonds is 4. The number of aliphatic hydroxyl groups excluding tert-OH is 1. The Bertz CT molecular complexity index is 636. The summed E-state index contributed by atoms with van der Waals surface area (Å²) in [5, 5.41) is 13.9. The van der Waals surface area contributed by atoms with Crippen LogP contribution >= 0.6 is 0 Å². The fourth-order valence-electron chi connectivity index (χ4n) is 2.59. The minimum absolute atomic E-state index is 0.0372. The van der Waals surface area contributed by atoms with E-state index >= 15 is 0 Å². The SMILES string of the molecule is C/C(C(=O)Oc1ccccc1)=C(\O)C1=C(NC(C)(C)C)CCC1. The molecule has 0 aromatic heterocycles. The Hall–Kier alpha value is -2.23. The van der Waals surface area contributed by atoms with Crippen molar-refractivity contribution in [1.29, 1.82) is 0 Å². The second kappa shape index (κ2) is 6.90. The number of carbonyl (C=O) groups is 1. The molecule has 0 bridgehead atoms. The number of benzene rings is 1. The van der Waals surface area contributed by atoms with Crippen LogP contribution in [0.25, 0.3) is 0 Å². The predicted octanol–water partition coefficient (Wildman–Crippen LogP) is 4.25. The minimum Gasteiger partial charge on any atom is -0.507 e. The molecule has 0 aliphatic heterocycles. The maximum absolute atomic E-state index is 12.2. The van der Waals surface area contributed by atoms with E-state index in [2.05, 4.69) is 26.1 Å². The van der Waals surface area contributed by atoms with Crippen LogP contribution in [0.15, 0.2) is 52.9 Å². The van der Waals surface area contributed by atoms with E-state index in [0.717, 1.165) is 30.5 Å². The summed E-state index contributed by atoms with van der Waals surface area (Å²) in [7, 11) is 0. The quantitative estimate of drug-likeness (QED) is 0.377. The minimum atomic E-state index is -0.525. The average molecular weight is 315 g/mol. The zero-order valence-corrected chi connectivity index (χ0v) is 14.3. The molecule has 0 unspecified atom stereocenters. The first-order chi connectivity index (χ1) is 10.8. The van der Waals surface area contributed by atoms with Gasteiger partial charge < -0.3 is 15.2 Å². The molecule has 2 N–H and O–H groups in total. The van der Waals surface area contributed by atoms with Crippen molar-refractivity contribution in [2.24, 2.45) is 0 Å². The second-order valence-electron chi connectivity index (χ2n) is 6.86. The van der Waals surface area contributed by atoms with Crippen LogP contribution in [-0.4, -0.2) is 16.6 Å². The second-order valence-corrected chi connectivity index (χ2v) is 6.86. The van der Waals surface area contributed by atoms with Gasteiger partial charge in [-0.05, 0) is 59.1 Å². The molecule has 1 aromatic carbocycles. The standard InChI is InChI=1S/C19H25NO3/c1-13(18(22)23-14-9-6-5-7-10-14)17(21)15-11-8-12-16(15)20-19(2,3)4/h5-7,9-10,20-21H,8,11-12H2,1-4H3/b17-13+. The lowest BCUT2D eigenvalue weighted by Crippen LogP contribution is -2.35. The summed E-state index contributed by atoms with van der Waals surface area (Å²) < 4.78 is 5.29. The van der Waals surface area contributed by atoms with Gasteiger partial charge in [-0.2, -0.15) is 0 Å². The molecule has 0 saturated carbocycles. The van der Waals surface area contributed by atoms with Gasteiger partial charge in [0.15, 0.2) is 0 Å². The largest absolute Gasteiger partial charge is 0.507 e. The smallest absolute Gasteiger partial charge is 0.342 e. The number of carbonyl (C=O) groups excluding carboxylic acids is 1. The molecule has 4 nitrogen and oxygen atoms in total. The first-order valence-corrected chi connectivity index (χ1v) is 7.95. The molecule has 1 aromatic rings. The highest BCUT2D eigenvalue weighted by Crippen LogP contribution is 2.31. The van der Waals surface area contributed by atoms with Crippen molar-refractivity contribution in [3.8, 4) is 5.75 Å². The van der Waals surface area contributed by atoms with Gasteiger partial charge in [-0.15, -0.1) is 0 Å². The number of esters is 1. The maximum Gasteiger partial charge on any atom is 0.342 e. The topological polar surface area (TPSA) is 58.6 Å². The summed E-state index contributed by atoms with van der Waals surface area (Å²) in [6.45, 7) is 7.83. The monoisotopic (exact) mass is 315 g/mol. The highest BCUT2D eigenvalue weighted by Gasteiger charge is 2.24. The number of para-hydroxylation sites is 1. The van der Waals surface area contributed by atoms with Gasteiger partial charge in [0.25, 0.3) is 0 Å². The summed E-state index contributed by atoms with van der Waals surface area (Å²) >= 11 is 0. The molecule has 0 spiro atoms. The van der Waals surface area contributed by atoms with Crippen LogP contribution in [0.2, 0.25) is 0 Å². The third kappa shape index (κ3) is 4.62. The normalized spacial score (nSPS) is 16.2. The van der Waals surface area contributed by atoms with Gasteiger partial charge in [0, 0.05) is 16.8 Å². The molecule has 1 aliphatic carbocycles. The van der Waals surface area contributed by atoms with Crippen molar-refractivity contribution in [3.63, 3.8) is 0 Å². The van der Waals surface area contributed by atoms with Crippen molar-refractivity contribution in [1.82, 2.24) is 5.32 Å². The predicted molar refractivity (Wildman–Crippen MR) is 91.2 cm³/mol. The lowest BCUT2D eigenvalue weighted by atomic mass is 10.1. The Morgan fingerprint density at radius 3 is 2.43 bits per heavy atom. The summed E-state index contributed by atoms with van der Waals surface area (Å²) in [4.78, 5) is 12.2. The van der Waals surface area contributed by atoms with Crippen LogP contribution in [0.4, 0.5) is 0 Å². The first-order valence-electron chi connectivity index (χ1n) is 7.95. The molecular formula is C19H25NO3. The van der Waals surface area contributed by atoms with Gasteiger partial charge in [0.2, 0.25) is 0 Å². The van der Waals surface area contributed by atoms with Crippen molar-refractivity contribution < 1.29 is 14.6 Å². The average Bonchev–Trinajstić information content (AvgIpc) is 2.92. The van der Waals surface area contributed by atoms with Gasteiger partial charge in [0.1, 0.15) is 11.5 Å². The number of aliphatic hydroxyl groups is 1. The Morgan fingerprint density at radius 1 is 1.17 bits per heavy atom. The third-order valence-electron chi connectivity index (χ3n) is 3.64. The van der Waals surface area contributed by atoms with E-state index < -0.39 is 5.97 Å².